The van der Waals surface area contributed by atoms with E-state index in [2.05, 4.69) is 56.7 Å². The number of halogens is 2. The number of hydrogen-bond acceptors (Lipinski definition) is 2. The Morgan fingerprint density at radius 1 is 1.24 bits per heavy atom. The number of rotatable bonds is 3. The Morgan fingerprint density at radius 3 is 2.76 bits per heavy atom. The first-order chi connectivity index (χ1) is 10.1. The first-order valence-electron chi connectivity index (χ1n) is 6.76. The molecule has 0 fully saturated rings. The number of benzene rings is 1. The second kappa shape index (κ2) is 5.78. The Kier molecular flexibility index (Phi) is 4.00. The summed E-state index contributed by atoms with van der Waals surface area (Å²) in [6, 6.07) is 8.30. The van der Waals surface area contributed by atoms with Crippen LogP contribution in [0.3, 0.4) is 0 Å². The van der Waals surface area contributed by atoms with Crippen LogP contribution in [0.4, 0.5) is 0 Å². The van der Waals surface area contributed by atoms with Crippen molar-refractivity contribution in [3.05, 3.63) is 51.9 Å². The minimum absolute atomic E-state index is 0.539. The molecule has 3 nitrogen and oxygen atoms in total. The van der Waals surface area contributed by atoms with Crippen LogP contribution in [-0.4, -0.2) is 20.4 Å². The van der Waals surface area contributed by atoms with Gasteiger partial charge in [0, 0.05) is 28.7 Å². The van der Waals surface area contributed by atoms with E-state index in [9.17, 15) is 0 Å². The lowest BCUT2D eigenvalue weighted by molar-refractivity contribution is 0.904. The molecule has 3 aromatic rings. The monoisotopic (exact) mass is 363 g/mol. The highest BCUT2D eigenvalue weighted by atomic mass is 79.9. The summed E-state index contributed by atoms with van der Waals surface area (Å²) in [5.41, 5.74) is 5.14. The molecule has 21 heavy (non-hydrogen) atoms. The van der Waals surface area contributed by atoms with E-state index < -0.39 is 0 Å². The molecule has 2 heterocycles. The van der Waals surface area contributed by atoms with Crippen molar-refractivity contribution in [1.82, 2.24) is 14.5 Å². The topological polar surface area (TPSA) is 30.7 Å². The fourth-order valence-corrected chi connectivity index (χ4v) is 2.82. The number of hydrogen-bond donors (Lipinski definition) is 0. The van der Waals surface area contributed by atoms with Gasteiger partial charge in [-0.15, -0.1) is 11.6 Å². The predicted octanol–water partition coefficient (Wildman–Crippen LogP) is 4.58. The molecule has 5 heteroatoms. The normalized spacial score (nSPS) is 11.2. The third kappa shape index (κ3) is 2.70. The third-order valence-corrected chi connectivity index (χ3v) is 4.50. The molecule has 0 radical (unpaired) electrons. The lowest BCUT2D eigenvalue weighted by Gasteiger charge is -2.09. The van der Waals surface area contributed by atoms with E-state index in [4.69, 9.17) is 16.6 Å². The fourth-order valence-electron chi connectivity index (χ4n) is 2.40. The van der Waals surface area contributed by atoms with E-state index in [1.54, 1.807) is 0 Å². The Morgan fingerprint density at radius 2 is 2.05 bits per heavy atom. The van der Waals surface area contributed by atoms with Gasteiger partial charge in [0.15, 0.2) is 5.65 Å². The molecular formula is C16H15BrClN3. The average Bonchev–Trinajstić information content (AvgIpc) is 2.79. The first-order valence-corrected chi connectivity index (χ1v) is 8.09. The molecule has 0 aliphatic rings. The molecular weight excluding hydrogens is 350 g/mol. The highest BCUT2D eigenvalue weighted by molar-refractivity contribution is 9.10. The lowest BCUT2D eigenvalue weighted by Crippen LogP contribution is -2.03. The molecule has 0 atom stereocenters. The van der Waals surface area contributed by atoms with Crippen LogP contribution >= 0.6 is 27.5 Å². The number of aromatic nitrogens is 3. The number of aryl methyl sites for hydroxylation is 3. The van der Waals surface area contributed by atoms with E-state index in [1.807, 2.05) is 13.1 Å². The molecule has 0 saturated heterocycles. The second-order valence-corrected chi connectivity index (χ2v) is 6.32. The van der Waals surface area contributed by atoms with Gasteiger partial charge in [-0.3, -0.25) is 4.57 Å². The van der Waals surface area contributed by atoms with Gasteiger partial charge in [-0.1, -0.05) is 15.9 Å². The fraction of sp³-hybridized carbons (Fsp3) is 0.250. The van der Waals surface area contributed by atoms with Gasteiger partial charge in [0.1, 0.15) is 11.3 Å². The quantitative estimate of drug-likeness (QED) is 0.637. The van der Waals surface area contributed by atoms with E-state index in [0.717, 1.165) is 32.7 Å². The van der Waals surface area contributed by atoms with Gasteiger partial charge in [0.25, 0.3) is 0 Å². The number of imidazole rings is 1. The molecule has 3 rings (SSSR count). The lowest BCUT2D eigenvalue weighted by atomic mass is 10.2. The molecule has 0 N–H and O–H groups in total. The molecule has 0 aliphatic heterocycles. The minimum atomic E-state index is 0.539. The number of nitrogens with zero attached hydrogens (tertiary/aromatic N) is 3. The van der Waals surface area contributed by atoms with Crippen molar-refractivity contribution in [2.45, 2.75) is 20.3 Å². The van der Waals surface area contributed by atoms with Crippen LogP contribution in [0.15, 0.2) is 34.9 Å². The Bertz CT molecular complexity index is 811. The average molecular weight is 365 g/mol. The van der Waals surface area contributed by atoms with Crippen LogP contribution in [0.5, 0.6) is 0 Å². The number of alkyl halides is 1. The highest BCUT2D eigenvalue weighted by Gasteiger charge is 2.14. The first kappa shape index (κ1) is 14.5. The van der Waals surface area contributed by atoms with Crippen LogP contribution in [0.1, 0.15) is 17.0 Å². The van der Waals surface area contributed by atoms with Gasteiger partial charge < -0.3 is 0 Å². The van der Waals surface area contributed by atoms with Crippen LogP contribution < -0.4 is 0 Å². The van der Waals surface area contributed by atoms with Crippen molar-refractivity contribution >= 4 is 38.7 Å². The van der Waals surface area contributed by atoms with Gasteiger partial charge in [-0.05, 0) is 49.2 Å². The van der Waals surface area contributed by atoms with Gasteiger partial charge in [-0.25, -0.2) is 9.97 Å². The van der Waals surface area contributed by atoms with Crippen molar-refractivity contribution in [2.24, 2.45) is 0 Å². The summed E-state index contributed by atoms with van der Waals surface area (Å²) in [5, 5.41) is 0. The zero-order valence-corrected chi connectivity index (χ0v) is 14.2. The summed E-state index contributed by atoms with van der Waals surface area (Å²) >= 11 is 9.47. The van der Waals surface area contributed by atoms with Crippen LogP contribution in [-0.2, 0) is 6.42 Å². The molecule has 0 saturated carbocycles. The van der Waals surface area contributed by atoms with Gasteiger partial charge in [0.2, 0.25) is 0 Å². The minimum Gasteiger partial charge on any atom is -0.281 e. The number of pyridine rings is 1. The van der Waals surface area contributed by atoms with Crippen molar-refractivity contribution < 1.29 is 0 Å². The third-order valence-electron chi connectivity index (χ3n) is 3.42. The van der Waals surface area contributed by atoms with Gasteiger partial charge >= 0.3 is 0 Å². The summed E-state index contributed by atoms with van der Waals surface area (Å²) in [6.07, 6.45) is 2.59. The Hall–Kier alpha value is -1.39. The molecule has 0 spiro atoms. The van der Waals surface area contributed by atoms with Crippen LogP contribution in [0.25, 0.3) is 16.9 Å². The molecule has 0 bridgehead atoms. The van der Waals surface area contributed by atoms with Crippen molar-refractivity contribution in [1.29, 1.82) is 0 Å². The Labute approximate surface area is 137 Å². The molecule has 108 valence electrons. The zero-order chi connectivity index (χ0) is 15.0. The van der Waals surface area contributed by atoms with Gasteiger partial charge in [0.05, 0.1) is 0 Å². The summed E-state index contributed by atoms with van der Waals surface area (Å²) in [4.78, 5) is 9.25. The second-order valence-electron chi connectivity index (χ2n) is 5.09. The largest absolute Gasteiger partial charge is 0.281 e. The summed E-state index contributed by atoms with van der Waals surface area (Å²) in [5.74, 6) is 1.48. The maximum Gasteiger partial charge on any atom is 0.164 e. The van der Waals surface area contributed by atoms with Crippen molar-refractivity contribution in [2.75, 3.05) is 5.88 Å². The van der Waals surface area contributed by atoms with E-state index >= 15 is 0 Å². The molecule has 1 aromatic carbocycles. The summed E-state index contributed by atoms with van der Waals surface area (Å²) in [7, 11) is 0. The van der Waals surface area contributed by atoms with Crippen LogP contribution in [0.2, 0.25) is 0 Å². The predicted molar refractivity (Wildman–Crippen MR) is 90.5 cm³/mol. The highest BCUT2D eigenvalue weighted by Crippen LogP contribution is 2.25. The van der Waals surface area contributed by atoms with E-state index in [-0.39, 0.29) is 0 Å². The molecule has 0 aliphatic carbocycles. The molecule has 0 amide bonds. The SMILES string of the molecule is Cc1cnc2c(c1)nc(CCCl)n2-c1ccc(Br)c(C)c1. The zero-order valence-electron chi connectivity index (χ0n) is 11.9. The van der Waals surface area contributed by atoms with Crippen molar-refractivity contribution in [3.8, 4) is 5.69 Å². The maximum absolute atomic E-state index is 5.93. The van der Waals surface area contributed by atoms with Crippen molar-refractivity contribution in [3.63, 3.8) is 0 Å². The van der Waals surface area contributed by atoms with E-state index in [1.165, 1.54) is 5.56 Å². The standard InChI is InChI=1S/C16H15BrClN3/c1-10-7-14-16(19-9-10)21(15(20-14)5-6-18)12-3-4-13(17)11(2)8-12/h3-4,7-9H,5-6H2,1-2H3. The smallest absolute Gasteiger partial charge is 0.164 e. The maximum atomic E-state index is 5.93. The van der Waals surface area contributed by atoms with Gasteiger partial charge in [-0.2, -0.15) is 0 Å². The molecule has 0 unspecified atom stereocenters. The Balaban J connectivity index is 2.27. The molecule has 2 aromatic heterocycles. The summed E-state index contributed by atoms with van der Waals surface area (Å²) in [6.45, 7) is 4.10. The van der Waals surface area contributed by atoms with E-state index in [0.29, 0.717) is 12.3 Å². The number of fused-ring (bicyclic) bond motifs is 1. The summed E-state index contributed by atoms with van der Waals surface area (Å²) < 4.78 is 3.19. The van der Waals surface area contributed by atoms with Crippen LogP contribution in [0, 0.1) is 13.8 Å².